The van der Waals surface area contributed by atoms with Crippen molar-refractivity contribution in [1.29, 1.82) is 0 Å². The molecule has 1 aliphatic heterocycles. The van der Waals surface area contributed by atoms with Crippen LogP contribution < -0.4 is 10.2 Å². The van der Waals surface area contributed by atoms with Gasteiger partial charge >= 0.3 is 5.97 Å². The molecule has 2 N–H and O–H groups in total. The van der Waals surface area contributed by atoms with Crippen molar-refractivity contribution in [2.75, 3.05) is 6.61 Å². The molecule has 0 radical (unpaired) electrons. The maximum absolute atomic E-state index is 13.9. The Morgan fingerprint density at radius 3 is 1.83 bits per heavy atom. The molecule has 0 saturated carbocycles. The number of carbonyl (C=O) groups is 1. The number of ether oxygens (including phenoxy) is 1. The molecule has 1 aromatic rings. The number of aryl methyl sites for hydroxylation is 1. The zero-order valence-corrected chi connectivity index (χ0v) is 33.0. The van der Waals surface area contributed by atoms with Gasteiger partial charge in [0.25, 0.3) is 8.32 Å². The molecule has 4 atom stereocenters. The van der Waals surface area contributed by atoms with E-state index in [4.69, 9.17) is 23.7 Å². The Bertz CT molecular complexity index is 1110. The van der Waals surface area contributed by atoms with Crippen LogP contribution >= 0.6 is 0 Å². The van der Waals surface area contributed by atoms with Gasteiger partial charge in [-0.1, -0.05) is 81.4 Å². The van der Waals surface area contributed by atoms with Gasteiger partial charge in [-0.25, -0.2) is 4.79 Å². The number of esters is 1. The Balaban J connectivity index is 2.54. The summed E-state index contributed by atoms with van der Waals surface area (Å²) >= 11 is 0. The van der Waals surface area contributed by atoms with Gasteiger partial charge in [-0.15, -0.1) is 0 Å². The van der Waals surface area contributed by atoms with E-state index in [1.165, 1.54) is 0 Å². The smallest absolute Gasteiger partial charge is 0.342 e. The number of benzene rings is 1. The fraction of sp³-hybridized carbons (Fsp3) is 0.788. The highest BCUT2D eigenvalue weighted by atomic mass is 28.4. The van der Waals surface area contributed by atoms with Gasteiger partial charge in [0.1, 0.15) is 23.5 Å². The first kappa shape index (κ1) is 37.2. The summed E-state index contributed by atoms with van der Waals surface area (Å²) in [5, 5.41) is 0.0871. The van der Waals surface area contributed by atoms with Gasteiger partial charge in [-0.05, 0) is 79.2 Å². The highest BCUT2D eigenvalue weighted by Gasteiger charge is 2.48. The number of fused-ring (bicyclic) bond motifs is 1. The first-order chi connectivity index (χ1) is 18.6. The molecule has 0 aliphatic carbocycles. The van der Waals surface area contributed by atoms with Crippen molar-refractivity contribution >= 4 is 30.9 Å². The Labute approximate surface area is 261 Å². The van der Waals surface area contributed by atoms with Crippen LogP contribution in [0.5, 0.6) is 5.75 Å². The van der Waals surface area contributed by atoms with Crippen LogP contribution in [-0.4, -0.2) is 49.7 Å². The van der Waals surface area contributed by atoms with E-state index in [1.807, 2.05) is 6.92 Å². The Hall–Kier alpha value is -0.979. The molecule has 0 saturated heterocycles. The standard InChI is InChI=1S/C33H63NO5Si3/c1-22-18-19-25-26(27(22)38-41(14,15)32(6,7)8)30(35)37-28(29(25)39-42(16,17)33(9,10)11)23(2)20-24(34)21-36-40(12,13)31(3,4)5/h18-19,23-24,28-29H,20-21,34H2,1-17H3/t23-,24?,28-,29+/m1/s1. The summed E-state index contributed by atoms with van der Waals surface area (Å²) < 4.78 is 26.8. The van der Waals surface area contributed by atoms with Gasteiger partial charge in [0.05, 0.1) is 0 Å². The van der Waals surface area contributed by atoms with Crippen molar-refractivity contribution in [3.05, 3.63) is 28.8 Å². The van der Waals surface area contributed by atoms with E-state index < -0.39 is 37.2 Å². The number of hydrogen-bond acceptors (Lipinski definition) is 6. The summed E-state index contributed by atoms with van der Waals surface area (Å²) in [5.41, 5.74) is 9.01. The summed E-state index contributed by atoms with van der Waals surface area (Å²) in [7, 11) is -6.41. The van der Waals surface area contributed by atoms with Crippen LogP contribution in [0, 0.1) is 12.8 Å². The SMILES string of the molecule is Cc1ccc2c(c1O[Si](C)(C)C(C)(C)C)C(=O)O[C@H]([C@H](C)CC(N)CO[Si](C)(C)C(C)(C)C)[C@H]2O[Si](C)(C)C(C)(C)C. The van der Waals surface area contributed by atoms with Crippen molar-refractivity contribution in [1.82, 2.24) is 0 Å². The second-order valence-electron chi connectivity index (χ2n) is 17.3. The number of hydrogen-bond donors (Lipinski definition) is 1. The predicted octanol–water partition coefficient (Wildman–Crippen LogP) is 9.36. The Morgan fingerprint density at radius 1 is 0.857 bits per heavy atom. The molecule has 1 heterocycles. The molecule has 0 bridgehead atoms. The zero-order valence-electron chi connectivity index (χ0n) is 30.0. The molecule has 1 unspecified atom stereocenters. The molecule has 1 aromatic carbocycles. The fourth-order valence-corrected chi connectivity index (χ4v) is 7.75. The van der Waals surface area contributed by atoms with Crippen LogP contribution in [0.3, 0.4) is 0 Å². The van der Waals surface area contributed by atoms with E-state index >= 15 is 0 Å². The van der Waals surface area contributed by atoms with Gasteiger partial charge in [-0.3, -0.25) is 0 Å². The topological polar surface area (TPSA) is 80.0 Å². The molecule has 1 aliphatic rings. The maximum Gasteiger partial charge on any atom is 0.342 e. The third kappa shape index (κ3) is 8.18. The largest absolute Gasteiger partial charge is 0.543 e. The van der Waals surface area contributed by atoms with E-state index in [0.29, 0.717) is 24.3 Å². The molecule has 9 heteroatoms. The van der Waals surface area contributed by atoms with Crippen LogP contribution in [0.25, 0.3) is 0 Å². The lowest BCUT2D eigenvalue weighted by molar-refractivity contribution is -0.0489. The third-order valence-corrected chi connectivity index (χ3v) is 23.8. The molecular weight excluding hydrogens is 575 g/mol. The minimum atomic E-state index is -2.25. The van der Waals surface area contributed by atoms with Crippen LogP contribution in [-0.2, 0) is 13.6 Å². The Morgan fingerprint density at radius 2 is 1.36 bits per heavy atom. The lowest BCUT2D eigenvalue weighted by Crippen LogP contribution is -2.49. The summed E-state index contributed by atoms with van der Waals surface area (Å²) in [5.74, 6) is 0.292. The zero-order chi connectivity index (χ0) is 32.9. The van der Waals surface area contributed by atoms with Crippen molar-refractivity contribution in [2.24, 2.45) is 11.7 Å². The first-order valence-corrected chi connectivity index (χ1v) is 24.5. The first-order valence-electron chi connectivity index (χ1n) is 15.7. The average Bonchev–Trinajstić information content (AvgIpc) is 2.78. The van der Waals surface area contributed by atoms with Crippen molar-refractivity contribution < 1.29 is 22.8 Å². The number of rotatable bonds is 10. The van der Waals surface area contributed by atoms with Crippen molar-refractivity contribution in [3.63, 3.8) is 0 Å². The van der Waals surface area contributed by atoms with Gasteiger partial charge in [0.2, 0.25) is 0 Å². The minimum absolute atomic E-state index is 0.0129. The van der Waals surface area contributed by atoms with E-state index in [1.54, 1.807) is 0 Å². The van der Waals surface area contributed by atoms with E-state index in [2.05, 4.69) is 121 Å². The molecule has 6 nitrogen and oxygen atoms in total. The maximum atomic E-state index is 13.9. The van der Waals surface area contributed by atoms with Crippen LogP contribution in [0.15, 0.2) is 12.1 Å². The summed E-state index contributed by atoms with van der Waals surface area (Å²) in [6.45, 7) is 38.1. The lowest BCUT2D eigenvalue weighted by atomic mass is 9.85. The van der Waals surface area contributed by atoms with Crippen molar-refractivity contribution in [3.8, 4) is 5.75 Å². The highest BCUT2D eigenvalue weighted by Crippen LogP contribution is 2.48. The number of carbonyl (C=O) groups excluding carboxylic acids is 1. The quantitative estimate of drug-likeness (QED) is 0.203. The molecule has 42 heavy (non-hydrogen) atoms. The normalized spacial score (nSPS) is 20.6. The molecule has 0 spiro atoms. The minimum Gasteiger partial charge on any atom is -0.543 e. The van der Waals surface area contributed by atoms with E-state index in [9.17, 15) is 4.79 Å². The molecule has 0 amide bonds. The highest BCUT2D eigenvalue weighted by molar-refractivity contribution is 6.75. The van der Waals surface area contributed by atoms with Gasteiger partial charge in [0.15, 0.2) is 16.6 Å². The molecule has 0 fully saturated rings. The third-order valence-electron chi connectivity index (χ3n) is 10.5. The molecular formula is C33H63NO5Si3. The van der Waals surface area contributed by atoms with Gasteiger partial charge < -0.3 is 23.7 Å². The van der Waals surface area contributed by atoms with Gasteiger partial charge in [0, 0.05) is 18.2 Å². The second kappa shape index (κ2) is 12.4. The second-order valence-corrected chi connectivity index (χ2v) is 31.5. The average molecular weight is 638 g/mol. The lowest BCUT2D eigenvalue weighted by Gasteiger charge is -2.45. The van der Waals surface area contributed by atoms with Crippen LogP contribution in [0.2, 0.25) is 54.4 Å². The molecule has 0 aromatic heterocycles. The molecule has 242 valence electrons. The number of cyclic esters (lactones) is 1. The predicted molar refractivity (Wildman–Crippen MR) is 184 cm³/mol. The Kier molecular flexibility index (Phi) is 11.0. The molecule has 2 rings (SSSR count). The van der Waals surface area contributed by atoms with E-state index in [-0.39, 0.29) is 33.0 Å². The summed E-state index contributed by atoms with van der Waals surface area (Å²) in [4.78, 5) is 13.9. The summed E-state index contributed by atoms with van der Waals surface area (Å²) in [6, 6.07) is 3.96. The number of nitrogens with two attached hydrogens (primary N) is 1. The van der Waals surface area contributed by atoms with E-state index in [0.717, 1.165) is 11.1 Å². The monoisotopic (exact) mass is 637 g/mol. The van der Waals surface area contributed by atoms with Crippen molar-refractivity contribution in [2.45, 2.75) is 155 Å². The summed E-state index contributed by atoms with van der Waals surface area (Å²) in [6.07, 6.45) is -0.190. The van der Waals surface area contributed by atoms with Gasteiger partial charge in [-0.2, -0.15) is 0 Å². The fourth-order valence-electron chi connectivity index (χ4n) is 4.36. The van der Waals surface area contributed by atoms with Crippen LogP contribution in [0.1, 0.15) is 103 Å². The van der Waals surface area contributed by atoms with Crippen LogP contribution in [0.4, 0.5) is 0 Å².